The predicted molar refractivity (Wildman–Crippen MR) is 112 cm³/mol. The third kappa shape index (κ3) is 2.90. The molecule has 152 valence electrons. The fraction of sp³-hybridized carbons (Fsp3) is 0.731. The van der Waals surface area contributed by atoms with E-state index >= 15 is 0 Å². The highest BCUT2D eigenvalue weighted by Gasteiger charge is 2.60. The molecule has 1 aromatic carbocycles. The molecule has 0 radical (unpaired) electrons. The van der Waals surface area contributed by atoms with Crippen LogP contribution in [0.15, 0.2) is 30.3 Å². The first-order valence-electron chi connectivity index (χ1n) is 11.7. The molecular formula is C26H36O2. The fourth-order valence-corrected chi connectivity index (χ4v) is 8.04. The van der Waals surface area contributed by atoms with E-state index in [0.29, 0.717) is 28.6 Å². The molecule has 1 aromatic rings. The van der Waals surface area contributed by atoms with E-state index in [2.05, 4.69) is 44.2 Å². The van der Waals surface area contributed by atoms with Gasteiger partial charge < -0.3 is 4.74 Å². The van der Waals surface area contributed by atoms with E-state index < -0.39 is 0 Å². The number of fused-ring (bicyclic) bond motifs is 5. The van der Waals surface area contributed by atoms with Crippen LogP contribution in [0.2, 0.25) is 0 Å². The molecule has 0 aromatic heterocycles. The molecule has 4 fully saturated rings. The Balaban J connectivity index is 1.32. The van der Waals surface area contributed by atoms with Crippen LogP contribution in [0.1, 0.15) is 77.2 Å². The molecular weight excluding hydrogens is 344 g/mol. The molecule has 5 rings (SSSR count). The van der Waals surface area contributed by atoms with Gasteiger partial charge in [-0.2, -0.15) is 0 Å². The Morgan fingerprint density at radius 2 is 1.71 bits per heavy atom. The second kappa shape index (κ2) is 6.97. The van der Waals surface area contributed by atoms with Crippen molar-refractivity contribution in [2.45, 2.75) is 84.3 Å². The second-order valence-electron chi connectivity index (χ2n) is 10.8. The van der Waals surface area contributed by atoms with Gasteiger partial charge in [0, 0.05) is 12.8 Å². The highest BCUT2D eigenvalue weighted by atomic mass is 16.5. The zero-order valence-corrected chi connectivity index (χ0v) is 17.7. The van der Waals surface area contributed by atoms with Crippen LogP contribution in [0.25, 0.3) is 0 Å². The summed E-state index contributed by atoms with van der Waals surface area (Å²) in [5, 5.41) is 0. The molecule has 0 spiro atoms. The van der Waals surface area contributed by atoms with Gasteiger partial charge >= 0.3 is 0 Å². The van der Waals surface area contributed by atoms with Gasteiger partial charge in [-0.1, -0.05) is 44.2 Å². The molecule has 2 nitrogen and oxygen atoms in total. The van der Waals surface area contributed by atoms with Crippen molar-refractivity contribution in [1.82, 2.24) is 0 Å². The summed E-state index contributed by atoms with van der Waals surface area (Å²) in [6.45, 7) is 5.83. The minimum atomic E-state index is 0.351. The third-order valence-electron chi connectivity index (χ3n) is 9.69. The first-order valence-corrected chi connectivity index (χ1v) is 11.7. The van der Waals surface area contributed by atoms with Crippen LogP contribution in [-0.2, 0) is 16.1 Å². The molecule has 0 heterocycles. The summed E-state index contributed by atoms with van der Waals surface area (Å²) >= 11 is 0. The van der Waals surface area contributed by atoms with Gasteiger partial charge in [-0.25, -0.2) is 0 Å². The van der Waals surface area contributed by atoms with Crippen LogP contribution in [0, 0.1) is 34.5 Å². The van der Waals surface area contributed by atoms with Gasteiger partial charge in [-0.05, 0) is 85.0 Å². The highest BCUT2D eigenvalue weighted by Crippen LogP contribution is 2.66. The topological polar surface area (TPSA) is 26.3 Å². The lowest BCUT2D eigenvalue weighted by Gasteiger charge is -2.60. The predicted octanol–water partition coefficient (Wildman–Crippen LogP) is 6.18. The van der Waals surface area contributed by atoms with Crippen LogP contribution >= 0.6 is 0 Å². The van der Waals surface area contributed by atoms with Gasteiger partial charge in [-0.3, -0.25) is 4.79 Å². The Labute approximate surface area is 170 Å². The lowest BCUT2D eigenvalue weighted by Crippen LogP contribution is -2.54. The maximum Gasteiger partial charge on any atom is 0.133 e. The Kier molecular flexibility index (Phi) is 4.69. The summed E-state index contributed by atoms with van der Waals surface area (Å²) in [5.41, 5.74) is 2.06. The molecule has 2 heteroatoms. The van der Waals surface area contributed by atoms with Gasteiger partial charge in [-0.15, -0.1) is 0 Å². The molecule has 0 bridgehead atoms. The molecule has 28 heavy (non-hydrogen) atoms. The number of ether oxygens (including phenoxy) is 1. The lowest BCUT2D eigenvalue weighted by atomic mass is 9.45. The summed E-state index contributed by atoms with van der Waals surface area (Å²) < 4.78 is 6.54. The van der Waals surface area contributed by atoms with E-state index in [0.717, 1.165) is 43.6 Å². The number of ketones is 1. The van der Waals surface area contributed by atoms with Crippen LogP contribution in [0.3, 0.4) is 0 Å². The van der Waals surface area contributed by atoms with Crippen LogP contribution in [0.4, 0.5) is 0 Å². The van der Waals surface area contributed by atoms with Crippen molar-refractivity contribution in [3.63, 3.8) is 0 Å². The van der Waals surface area contributed by atoms with Gasteiger partial charge in [0.1, 0.15) is 5.78 Å². The van der Waals surface area contributed by atoms with Gasteiger partial charge in [0.25, 0.3) is 0 Å². The minimum Gasteiger partial charge on any atom is -0.373 e. The Morgan fingerprint density at radius 1 is 0.929 bits per heavy atom. The molecule has 7 atom stereocenters. The number of rotatable bonds is 3. The number of carbonyl (C=O) groups is 1. The number of hydrogen-bond donors (Lipinski definition) is 0. The van der Waals surface area contributed by atoms with E-state index in [1.807, 2.05) is 0 Å². The van der Waals surface area contributed by atoms with E-state index in [1.165, 1.54) is 44.1 Å². The molecule has 0 saturated heterocycles. The van der Waals surface area contributed by atoms with Crippen molar-refractivity contribution in [3.8, 4) is 0 Å². The summed E-state index contributed by atoms with van der Waals surface area (Å²) in [6, 6.07) is 10.7. The lowest BCUT2D eigenvalue weighted by molar-refractivity contribution is -0.146. The van der Waals surface area contributed by atoms with E-state index in [-0.39, 0.29) is 0 Å². The Bertz CT molecular complexity index is 727. The summed E-state index contributed by atoms with van der Waals surface area (Å²) in [4.78, 5) is 12.1. The monoisotopic (exact) mass is 380 g/mol. The quantitative estimate of drug-likeness (QED) is 0.625. The van der Waals surface area contributed by atoms with Crippen molar-refractivity contribution in [2.24, 2.45) is 34.5 Å². The number of benzene rings is 1. The van der Waals surface area contributed by atoms with Gasteiger partial charge in [0.05, 0.1) is 12.7 Å². The first kappa shape index (κ1) is 18.9. The van der Waals surface area contributed by atoms with E-state index in [4.69, 9.17) is 4.74 Å². The molecule has 0 aliphatic heterocycles. The first-order chi connectivity index (χ1) is 13.5. The SMILES string of the molecule is C[C@]12CCC(=O)C[C@@H]1CC[C@H]1[C@H]2CC[C@]2(C)[C@@H](OCc3ccccc3)CC[C@H]12. The maximum absolute atomic E-state index is 12.1. The van der Waals surface area contributed by atoms with E-state index in [9.17, 15) is 4.79 Å². The average Bonchev–Trinajstić information content (AvgIpc) is 3.04. The van der Waals surface area contributed by atoms with Crippen molar-refractivity contribution in [1.29, 1.82) is 0 Å². The van der Waals surface area contributed by atoms with E-state index in [1.54, 1.807) is 0 Å². The Hall–Kier alpha value is -1.15. The molecule has 0 N–H and O–H groups in total. The van der Waals surface area contributed by atoms with Crippen LogP contribution in [-0.4, -0.2) is 11.9 Å². The fourth-order valence-electron chi connectivity index (χ4n) is 8.04. The average molecular weight is 381 g/mol. The summed E-state index contributed by atoms with van der Waals surface area (Å²) in [5.74, 6) is 3.70. The molecule has 0 unspecified atom stereocenters. The zero-order valence-electron chi connectivity index (χ0n) is 17.7. The maximum atomic E-state index is 12.1. The molecule has 4 aliphatic rings. The van der Waals surface area contributed by atoms with Crippen molar-refractivity contribution >= 4 is 5.78 Å². The zero-order chi connectivity index (χ0) is 19.4. The smallest absolute Gasteiger partial charge is 0.133 e. The second-order valence-corrected chi connectivity index (χ2v) is 10.8. The van der Waals surface area contributed by atoms with Crippen LogP contribution in [0.5, 0.6) is 0 Å². The molecule has 4 aliphatic carbocycles. The standard InChI is InChI=1S/C26H36O2/c1-25-14-12-20(27)16-19(25)8-9-21-22-10-11-24(26(22,2)15-13-23(21)25)28-17-18-6-4-3-5-7-18/h3-7,19,21-24H,8-17H2,1-2H3/t19-,21+,22+,23+,24-,25-,26-/m0/s1. The van der Waals surface area contributed by atoms with Crippen LogP contribution < -0.4 is 0 Å². The highest BCUT2D eigenvalue weighted by molar-refractivity contribution is 5.79. The summed E-state index contributed by atoms with van der Waals surface area (Å²) in [7, 11) is 0. The van der Waals surface area contributed by atoms with Crippen molar-refractivity contribution < 1.29 is 9.53 Å². The molecule has 4 saturated carbocycles. The Morgan fingerprint density at radius 3 is 2.54 bits per heavy atom. The van der Waals surface area contributed by atoms with Crippen molar-refractivity contribution in [2.75, 3.05) is 0 Å². The number of hydrogen-bond acceptors (Lipinski definition) is 2. The summed E-state index contributed by atoms with van der Waals surface area (Å²) in [6.07, 6.45) is 11.1. The minimum absolute atomic E-state index is 0.351. The number of carbonyl (C=O) groups excluding carboxylic acids is 1. The molecule has 0 amide bonds. The van der Waals surface area contributed by atoms with Gasteiger partial charge in [0.2, 0.25) is 0 Å². The number of Topliss-reactive ketones (excluding diaryl/α,β-unsaturated/α-hetero) is 1. The van der Waals surface area contributed by atoms with Crippen molar-refractivity contribution in [3.05, 3.63) is 35.9 Å². The van der Waals surface area contributed by atoms with Gasteiger partial charge in [0.15, 0.2) is 0 Å². The third-order valence-corrected chi connectivity index (χ3v) is 9.69. The normalized spacial score (nSPS) is 45.2. The largest absolute Gasteiger partial charge is 0.373 e.